The second-order valence-electron chi connectivity index (χ2n) is 5.24. The quantitative estimate of drug-likeness (QED) is 0.906. The molecule has 2 unspecified atom stereocenters. The van der Waals surface area contributed by atoms with Crippen LogP contribution < -0.4 is 5.73 Å². The topological polar surface area (TPSA) is 29.3 Å². The van der Waals surface area contributed by atoms with E-state index in [-0.39, 0.29) is 0 Å². The van der Waals surface area contributed by atoms with Crippen LogP contribution in [0.5, 0.6) is 0 Å². The first-order chi connectivity index (χ1) is 8.72. The number of benzene rings is 1. The van der Waals surface area contributed by atoms with Gasteiger partial charge in [0.2, 0.25) is 0 Å². The minimum Gasteiger partial charge on any atom is -0.329 e. The van der Waals surface area contributed by atoms with Gasteiger partial charge >= 0.3 is 0 Å². The average Bonchev–Trinajstić information content (AvgIpc) is 2.58. The number of nitrogens with zero attached hydrogens (tertiary/aromatic N) is 1. The number of hydrogen-bond acceptors (Lipinski definition) is 2. The number of halogens is 1. The second-order valence-corrected chi connectivity index (χ2v) is 5.68. The standard InChI is InChI=1S/C15H23ClN2/c1-12-5-3-2-4-10-18(12)15(11-17)13-6-8-14(16)9-7-13/h6-9,12,15H,2-5,10-11,17H2,1H3. The van der Waals surface area contributed by atoms with Crippen molar-refractivity contribution >= 4 is 11.6 Å². The van der Waals surface area contributed by atoms with E-state index in [1.54, 1.807) is 0 Å². The largest absolute Gasteiger partial charge is 0.329 e. The van der Waals surface area contributed by atoms with Crippen molar-refractivity contribution in [3.8, 4) is 0 Å². The van der Waals surface area contributed by atoms with Gasteiger partial charge in [-0.1, -0.05) is 36.6 Å². The molecule has 1 aromatic carbocycles. The molecule has 2 atom stereocenters. The average molecular weight is 267 g/mol. The van der Waals surface area contributed by atoms with E-state index in [4.69, 9.17) is 17.3 Å². The van der Waals surface area contributed by atoms with Gasteiger partial charge in [0.1, 0.15) is 0 Å². The Labute approximate surface area is 115 Å². The lowest BCUT2D eigenvalue weighted by molar-refractivity contribution is 0.151. The van der Waals surface area contributed by atoms with Gasteiger partial charge in [0.05, 0.1) is 0 Å². The van der Waals surface area contributed by atoms with Crippen LogP contribution in [-0.4, -0.2) is 24.0 Å². The van der Waals surface area contributed by atoms with Crippen LogP contribution >= 0.6 is 11.6 Å². The summed E-state index contributed by atoms with van der Waals surface area (Å²) in [6.07, 6.45) is 5.26. The summed E-state index contributed by atoms with van der Waals surface area (Å²) in [6.45, 7) is 4.15. The fourth-order valence-corrected chi connectivity index (χ4v) is 3.03. The van der Waals surface area contributed by atoms with Gasteiger partial charge in [-0.25, -0.2) is 0 Å². The minimum atomic E-state index is 0.329. The molecule has 1 aliphatic heterocycles. The molecule has 0 saturated carbocycles. The summed E-state index contributed by atoms with van der Waals surface area (Å²) in [5.74, 6) is 0. The summed E-state index contributed by atoms with van der Waals surface area (Å²) < 4.78 is 0. The van der Waals surface area contributed by atoms with E-state index >= 15 is 0 Å². The number of hydrogen-bond donors (Lipinski definition) is 1. The fourth-order valence-electron chi connectivity index (χ4n) is 2.91. The first kappa shape index (κ1) is 13.9. The summed E-state index contributed by atoms with van der Waals surface area (Å²) >= 11 is 5.96. The molecule has 0 bridgehead atoms. The zero-order chi connectivity index (χ0) is 13.0. The Kier molecular flexibility index (Phi) is 5.04. The maximum atomic E-state index is 6.01. The number of nitrogens with two attached hydrogens (primary N) is 1. The Hall–Kier alpha value is -0.570. The molecule has 0 spiro atoms. The van der Waals surface area contributed by atoms with Crippen LogP contribution in [0.2, 0.25) is 5.02 Å². The van der Waals surface area contributed by atoms with E-state index in [1.165, 1.54) is 31.2 Å². The van der Waals surface area contributed by atoms with Crippen molar-refractivity contribution in [2.24, 2.45) is 5.73 Å². The van der Waals surface area contributed by atoms with Crippen LogP contribution in [0.1, 0.15) is 44.2 Å². The molecule has 0 amide bonds. The summed E-state index contributed by atoms with van der Waals surface area (Å²) in [6, 6.07) is 9.09. The third kappa shape index (κ3) is 3.25. The molecule has 0 radical (unpaired) electrons. The first-order valence-electron chi connectivity index (χ1n) is 6.93. The molecule has 1 aromatic rings. The smallest absolute Gasteiger partial charge is 0.0473 e. The molecule has 2 rings (SSSR count). The van der Waals surface area contributed by atoms with Gasteiger partial charge in [-0.2, -0.15) is 0 Å². The molecule has 2 nitrogen and oxygen atoms in total. The molecule has 2 N–H and O–H groups in total. The zero-order valence-corrected chi connectivity index (χ0v) is 11.9. The maximum Gasteiger partial charge on any atom is 0.0473 e. The maximum absolute atomic E-state index is 6.01. The number of likely N-dealkylation sites (tertiary alicyclic amines) is 1. The molecule has 3 heteroatoms. The molecule has 0 aliphatic carbocycles. The van der Waals surface area contributed by atoms with Crippen molar-refractivity contribution in [2.75, 3.05) is 13.1 Å². The third-order valence-electron chi connectivity index (χ3n) is 3.98. The predicted molar refractivity (Wildman–Crippen MR) is 77.9 cm³/mol. The normalized spacial score (nSPS) is 23.6. The van der Waals surface area contributed by atoms with Crippen molar-refractivity contribution < 1.29 is 0 Å². The van der Waals surface area contributed by atoms with Gasteiger partial charge in [-0.3, -0.25) is 4.90 Å². The zero-order valence-electron chi connectivity index (χ0n) is 11.1. The Morgan fingerprint density at radius 2 is 2.00 bits per heavy atom. The number of rotatable bonds is 3. The minimum absolute atomic E-state index is 0.329. The van der Waals surface area contributed by atoms with Crippen molar-refractivity contribution in [1.29, 1.82) is 0 Å². The van der Waals surface area contributed by atoms with Crippen LogP contribution in [0.15, 0.2) is 24.3 Å². The molecule has 100 valence electrons. The van der Waals surface area contributed by atoms with E-state index < -0.39 is 0 Å². The predicted octanol–water partition coefficient (Wildman–Crippen LogP) is 3.60. The second kappa shape index (κ2) is 6.55. The van der Waals surface area contributed by atoms with Crippen LogP contribution in [-0.2, 0) is 0 Å². The fraction of sp³-hybridized carbons (Fsp3) is 0.600. The molecule has 18 heavy (non-hydrogen) atoms. The van der Waals surface area contributed by atoms with Crippen LogP contribution in [0.3, 0.4) is 0 Å². The van der Waals surface area contributed by atoms with Gasteiger partial charge in [0, 0.05) is 23.7 Å². The monoisotopic (exact) mass is 266 g/mol. The molecule has 1 heterocycles. The van der Waals surface area contributed by atoms with Crippen molar-refractivity contribution in [1.82, 2.24) is 4.90 Å². The lowest BCUT2D eigenvalue weighted by Gasteiger charge is -2.35. The highest BCUT2D eigenvalue weighted by Crippen LogP contribution is 2.27. The summed E-state index contributed by atoms with van der Waals surface area (Å²) in [7, 11) is 0. The Bertz CT molecular complexity index is 363. The molecular formula is C15H23ClN2. The molecule has 1 saturated heterocycles. The highest BCUT2D eigenvalue weighted by atomic mass is 35.5. The van der Waals surface area contributed by atoms with E-state index in [9.17, 15) is 0 Å². The highest BCUT2D eigenvalue weighted by Gasteiger charge is 2.25. The Balaban J connectivity index is 2.18. The van der Waals surface area contributed by atoms with Gasteiger partial charge < -0.3 is 5.73 Å². The van der Waals surface area contributed by atoms with Crippen LogP contribution in [0.4, 0.5) is 0 Å². The van der Waals surface area contributed by atoms with Gasteiger partial charge in [0.25, 0.3) is 0 Å². The molecular weight excluding hydrogens is 244 g/mol. The van der Waals surface area contributed by atoms with Gasteiger partial charge in [-0.05, 0) is 44.0 Å². The summed E-state index contributed by atoms with van der Waals surface area (Å²) in [4.78, 5) is 2.57. The SMILES string of the molecule is CC1CCCCCN1C(CN)c1ccc(Cl)cc1. The van der Waals surface area contributed by atoms with Crippen molar-refractivity contribution in [3.63, 3.8) is 0 Å². The Morgan fingerprint density at radius 1 is 1.28 bits per heavy atom. The van der Waals surface area contributed by atoms with E-state index in [1.807, 2.05) is 12.1 Å². The van der Waals surface area contributed by atoms with Crippen molar-refractivity contribution in [3.05, 3.63) is 34.9 Å². The first-order valence-corrected chi connectivity index (χ1v) is 7.31. The Morgan fingerprint density at radius 3 is 2.67 bits per heavy atom. The molecule has 1 aliphatic rings. The summed E-state index contributed by atoms with van der Waals surface area (Å²) in [5, 5.41) is 0.790. The lowest BCUT2D eigenvalue weighted by atomic mass is 10.0. The molecule has 0 aromatic heterocycles. The molecule has 1 fully saturated rings. The van der Waals surface area contributed by atoms with Gasteiger partial charge in [0.15, 0.2) is 0 Å². The highest BCUT2D eigenvalue weighted by molar-refractivity contribution is 6.30. The van der Waals surface area contributed by atoms with Crippen LogP contribution in [0, 0.1) is 0 Å². The third-order valence-corrected chi connectivity index (χ3v) is 4.23. The summed E-state index contributed by atoms with van der Waals surface area (Å²) in [5.41, 5.74) is 7.30. The lowest BCUT2D eigenvalue weighted by Crippen LogP contribution is -2.39. The van der Waals surface area contributed by atoms with Crippen molar-refractivity contribution in [2.45, 2.75) is 44.7 Å². The van der Waals surface area contributed by atoms with Gasteiger partial charge in [-0.15, -0.1) is 0 Å². The van der Waals surface area contributed by atoms with E-state index in [0.29, 0.717) is 18.6 Å². The van der Waals surface area contributed by atoms with E-state index in [0.717, 1.165) is 11.6 Å². The van der Waals surface area contributed by atoms with E-state index in [2.05, 4.69) is 24.0 Å². The van der Waals surface area contributed by atoms with Crippen LogP contribution in [0.25, 0.3) is 0 Å².